The first-order valence-corrected chi connectivity index (χ1v) is 5.00. The summed E-state index contributed by atoms with van der Waals surface area (Å²) in [6.45, 7) is 6.17. The molecule has 1 rings (SSSR count). The molecule has 2 nitrogen and oxygen atoms in total. The molecule has 0 bridgehead atoms. The fraction of sp³-hybridized carbons (Fsp3) is 0.308. The molecule has 80 valence electrons. The quantitative estimate of drug-likeness (QED) is 0.558. The minimum atomic E-state index is -0.264. The highest BCUT2D eigenvalue weighted by Crippen LogP contribution is 2.09. The fourth-order valence-electron chi connectivity index (χ4n) is 1.40. The number of esters is 1. The molecule has 0 aliphatic rings. The zero-order chi connectivity index (χ0) is 11.3. The molecule has 0 atom stereocenters. The van der Waals surface area contributed by atoms with Crippen molar-refractivity contribution in [2.75, 3.05) is 6.61 Å². The van der Waals surface area contributed by atoms with Crippen molar-refractivity contribution in [3.63, 3.8) is 0 Å². The number of hydrogen-bond acceptors (Lipinski definition) is 2. The van der Waals surface area contributed by atoms with E-state index in [1.165, 1.54) is 0 Å². The minimum absolute atomic E-state index is 0.264. The number of rotatable bonds is 3. The minimum Gasteiger partial charge on any atom is -0.458 e. The zero-order valence-corrected chi connectivity index (χ0v) is 9.41. The van der Waals surface area contributed by atoms with Crippen LogP contribution in [0.15, 0.2) is 30.4 Å². The molecular weight excluding hydrogens is 188 g/mol. The maximum Gasteiger partial charge on any atom is 0.338 e. The van der Waals surface area contributed by atoms with Gasteiger partial charge in [0.1, 0.15) is 6.61 Å². The molecular formula is C13H16O2. The van der Waals surface area contributed by atoms with Gasteiger partial charge in [0.25, 0.3) is 0 Å². The Balaban J connectivity index is 2.73. The average Bonchev–Trinajstić information content (AvgIpc) is 2.16. The van der Waals surface area contributed by atoms with Crippen LogP contribution in [0.1, 0.15) is 28.4 Å². The van der Waals surface area contributed by atoms with Crippen molar-refractivity contribution in [1.29, 1.82) is 0 Å². The van der Waals surface area contributed by atoms with Crippen LogP contribution >= 0.6 is 0 Å². The Morgan fingerprint density at radius 3 is 2.40 bits per heavy atom. The largest absolute Gasteiger partial charge is 0.458 e. The number of hydrogen-bond donors (Lipinski definition) is 0. The van der Waals surface area contributed by atoms with E-state index in [0.717, 1.165) is 11.1 Å². The molecule has 0 aromatic heterocycles. The Morgan fingerprint density at radius 2 is 1.87 bits per heavy atom. The standard InChI is InChI=1S/C13H16O2/c1-4-5-6-15-13(14)12-8-10(2)7-11(3)9-12/h4-5,7-9H,6H2,1-3H3/b5-4+. The van der Waals surface area contributed by atoms with Crippen LogP contribution in [0.4, 0.5) is 0 Å². The van der Waals surface area contributed by atoms with Crippen molar-refractivity contribution in [2.45, 2.75) is 20.8 Å². The summed E-state index contributed by atoms with van der Waals surface area (Å²) in [4.78, 5) is 11.6. The molecule has 0 N–H and O–H groups in total. The molecule has 0 aliphatic carbocycles. The molecule has 1 aromatic rings. The van der Waals surface area contributed by atoms with E-state index in [9.17, 15) is 4.79 Å². The molecule has 0 radical (unpaired) electrons. The van der Waals surface area contributed by atoms with Crippen LogP contribution in [0.25, 0.3) is 0 Å². The third kappa shape index (κ3) is 3.58. The van der Waals surface area contributed by atoms with Crippen molar-refractivity contribution in [3.05, 3.63) is 47.0 Å². The summed E-state index contributed by atoms with van der Waals surface area (Å²) in [7, 11) is 0. The lowest BCUT2D eigenvalue weighted by atomic mass is 10.1. The number of benzene rings is 1. The molecule has 0 saturated heterocycles. The van der Waals surface area contributed by atoms with Gasteiger partial charge in [-0.2, -0.15) is 0 Å². The molecule has 2 heteroatoms. The maximum absolute atomic E-state index is 11.6. The van der Waals surface area contributed by atoms with Gasteiger partial charge in [0.05, 0.1) is 5.56 Å². The van der Waals surface area contributed by atoms with Crippen LogP contribution in [0.2, 0.25) is 0 Å². The summed E-state index contributed by atoms with van der Waals surface area (Å²) in [5, 5.41) is 0. The predicted octanol–water partition coefficient (Wildman–Crippen LogP) is 3.04. The van der Waals surface area contributed by atoms with Gasteiger partial charge >= 0.3 is 5.97 Å². The van der Waals surface area contributed by atoms with E-state index < -0.39 is 0 Å². The average molecular weight is 204 g/mol. The van der Waals surface area contributed by atoms with Crippen LogP contribution in [0.5, 0.6) is 0 Å². The fourth-order valence-corrected chi connectivity index (χ4v) is 1.40. The lowest BCUT2D eigenvalue weighted by Crippen LogP contribution is -2.05. The van der Waals surface area contributed by atoms with E-state index in [0.29, 0.717) is 12.2 Å². The molecule has 0 aliphatic heterocycles. The molecule has 0 fully saturated rings. The van der Waals surface area contributed by atoms with Gasteiger partial charge in [-0.3, -0.25) is 0 Å². The number of carbonyl (C=O) groups is 1. The molecule has 0 spiro atoms. The van der Waals surface area contributed by atoms with Crippen molar-refractivity contribution in [2.24, 2.45) is 0 Å². The zero-order valence-electron chi connectivity index (χ0n) is 9.41. The van der Waals surface area contributed by atoms with Crippen LogP contribution in [0, 0.1) is 13.8 Å². The maximum atomic E-state index is 11.6. The summed E-state index contributed by atoms with van der Waals surface area (Å²) in [5.74, 6) is -0.264. The molecule has 0 heterocycles. The predicted molar refractivity (Wildman–Crippen MR) is 61.0 cm³/mol. The lowest BCUT2D eigenvalue weighted by Gasteiger charge is -2.04. The van der Waals surface area contributed by atoms with Gasteiger partial charge in [-0.15, -0.1) is 0 Å². The summed E-state index contributed by atoms with van der Waals surface area (Å²) in [6.07, 6.45) is 3.66. The van der Waals surface area contributed by atoms with E-state index >= 15 is 0 Å². The van der Waals surface area contributed by atoms with E-state index in [4.69, 9.17) is 4.74 Å². The Hall–Kier alpha value is -1.57. The van der Waals surface area contributed by atoms with Crippen molar-refractivity contribution >= 4 is 5.97 Å². The highest BCUT2D eigenvalue weighted by Gasteiger charge is 2.06. The lowest BCUT2D eigenvalue weighted by molar-refractivity contribution is 0.0549. The van der Waals surface area contributed by atoms with Crippen LogP contribution in [0.3, 0.4) is 0 Å². The summed E-state index contributed by atoms with van der Waals surface area (Å²) < 4.78 is 5.05. The molecule has 0 saturated carbocycles. The Kier molecular flexibility index (Phi) is 4.10. The Morgan fingerprint density at radius 1 is 1.27 bits per heavy atom. The van der Waals surface area contributed by atoms with Gasteiger partial charge in [0, 0.05) is 0 Å². The molecule has 0 unspecified atom stereocenters. The van der Waals surface area contributed by atoms with Crippen LogP contribution in [-0.2, 0) is 4.74 Å². The second-order valence-corrected chi connectivity index (χ2v) is 3.54. The van der Waals surface area contributed by atoms with Crippen molar-refractivity contribution in [1.82, 2.24) is 0 Å². The van der Waals surface area contributed by atoms with E-state index in [2.05, 4.69) is 0 Å². The van der Waals surface area contributed by atoms with Gasteiger partial charge in [-0.05, 0) is 32.9 Å². The highest BCUT2D eigenvalue weighted by atomic mass is 16.5. The number of allylic oxidation sites excluding steroid dienone is 1. The monoisotopic (exact) mass is 204 g/mol. The van der Waals surface area contributed by atoms with Crippen molar-refractivity contribution < 1.29 is 9.53 Å². The van der Waals surface area contributed by atoms with Gasteiger partial charge in [0.15, 0.2) is 0 Å². The van der Waals surface area contributed by atoms with Crippen molar-refractivity contribution in [3.8, 4) is 0 Å². The van der Waals surface area contributed by atoms with E-state index in [1.807, 2.05) is 45.0 Å². The number of aryl methyl sites for hydroxylation is 2. The van der Waals surface area contributed by atoms with Gasteiger partial charge in [0.2, 0.25) is 0 Å². The third-order valence-electron chi connectivity index (χ3n) is 2.00. The van der Waals surface area contributed by atoms with E-state index in [1.54, 1.807) is 6.08 Å². The topological polar surface area (TPSA) is 26.3 Å². The first-order valence-electron chi connectivity index (χ1n) is 5.00. The summed E-state index contributed by atoms with van der Waals surface area (Å²) >= 11 is 0. The van der Waals surface area contributed by atoms with Gasteiger partial charge in [-0.25, -0.2) is 4.79 Å². The first kappa shape index (κ1) is 11.5. The molecule has 15 heavy (non-hydrogen) atoms. The number of ether oxygens (including phenoxy) is 1. The first-order chi connectivity index (χ1) is 7.13. The SMILES string of the molecule is C/C=C/COC(=O)c1cc(C)cc(C)c1. The Bertz CT molecular complexity index is 358. The highest BCUT2D eigenvalue weighted by molar-refractivity contribution is 5.89. The normalized spacial score (nSPS) is 10.6. The summed E-state index contributed by atoms with van der Waals surface area (Å²) in [5.41, 5.74) is 2.78. The smallest absolute Gasteiger partial charge is 0.338 e. The third-order valence-corrected chi connectivity index (χ3v) is 2.00. The van der Waals surface area contributed by atoms with Crippen LogP contribution in [-0.4, -0.2) is 12.6 Å². The number of carbonyl (C=O) groups excluding carboxylic acids is 1. The van der Waals surface area contributed by atoms with Gasteiger partial charge in [-0.1, -0.05) is 29.3 Å². The molecule has 1 aromatic carbocycles. The Labute approximate surface area is 90.6 Å². The van der Waals surface area contributed by atoms with Crippen LogP contribution < -0.4 is 0 Å². The van der Waals surface area contributed by atoms with Gasteiger partial charge < -0.3 is 4.74 Å². The molecule has 0 amide bonds. The second-order valence-electron chi connectivity index (χ2n) is 3.54. The second kappa shape index (κ2) is 5.35. The summed E-state index contributed by atoms with van der Waals surface area (Å²) in [6, 6.07) is 5.71. The van der Waals surface area contributed by atoms with E-state index in [-0.39, 0.29) is 5.97 Å².